The first-order valence-corrected chi connectivity index (χ1v) is 26.6. The van der Waals surface area contributed by atoms with Gasteiger partial charge in [0, 0.05) is 0 Å². The number of rotatable bonds is 4. The van der Waals surface area contributed by atoms with Crippen LogP contribution in [0.4, 0.5) is 26.3 Å². The number of alkyl halides is 6. The Morgan fingerprint density at radius 2 is 1.02 bits per heavy atom. The van der Waals surface area contributed by atoms with Crippen molar-refractivity contribution in [3.8, 4) is 0 Å². The first kappa shape index (κ1) is 44.8. The summed E-state index contributed by atoms with van der Waals surface area (Å²) in [6.07, 6.45) is 22.5. The van der Waals surface area contributed by atoms with E-state index in [0.717, 1.165) is 9.82 Å². The molecule has 9 unspecified atom stereocenters. The molecular weight excluding hydrogens is 865 g/mol. The van der Waals surface area contributed by atoms with Gasteiger partial charge in [0.05, 0.1) is 0 Å². The van der Waals surface area contributed by atoms with Gasteiger partial charge in [0.25, 0.3) is 0 Å². The minimum absolute atomic E-state index is 0. The van der Waals surface area contributed by atoms with Crippen LogP contribution < -0.4 is 6.54 Å². The molecule has 0 spiro atoms. The van der Waals surface area contributed by atoms with Crippen LogP contribution >= 0.6 is 24.8 Å². The fourth-order valence-corrected chi connectivity index (χ4v) is 35.0. The van der Waals surface area contributed by atoms with Crippen molar-refractivity contribution in [2.75, 3.05) is 0 Å². The molecule has 0 heterocycles. The Kier molecular flexibility index (Phi) is 10.2. The Bertz CT molecular complexity index is 2290. The zero-order chi connectivity index (χ0) is 40.8. The molecule has 0 bridgehead atoms. The number of benzene rings is 2. The second kappa shape index (κ2) is 13.1. The second-order valence-corrected chi connectivity index (χ2v) is 32.6. The molecule has 0 aliphatic heterocycles. The first-order valence-electron chi connectivity index (χ1n) is 19.7. The topological polar surface area (TPSA) is 0 Å². The summed E-state index contributed by atoms with van der Waals surface area (Å²) in [6, 6.07) is 11.2. The maximum absolute atomic E-state index is 14.4. The van der Waals surface area contributed by atoms with Gasteiger partial charge < -0.3 is 0 Å². The molecule has 2 saturated carbocycles. The molecular formula is C49H54Cl2F6Zr. The molecule has 0 amide bonds. The van der Waals surface area contributed by atoms with Gasteiger partial charge in [-0.05, 0) is 0 Å². The molecule has 9 heteroatoms. The Morgan fingerprint density at radius 3 is 1.45 bits per heavy atom. The summed E-state index contributed by atoms with van der Waals surface area (Å²) in [6.45, 7) is 19.1. The van der Waals surface area contributed by atoms with E-state index in [1.54, 1.807) is 24.3 Å². The summed E-state index contributed by atoms with van der Waals surface area (Å²) in [5, 5.41) is 0. The fourth-order valence-electron chi connectivity index (χ4n) is 14.8. The van der Waals surface area contributed by atoms with Gasteiger partial charge in [0.15, 0.2) is 0 Å². The van der Waals surface area contributed by atoms with E-state index in [0.29, 0.717) is 6.42 Å². The van der Waals surface area contributed by atoms with Crippen LogP contribution in [0, 0.1) is 43.8 Å². The van der Waals surface area contributed by atoms with Crippen molar-refractivity contribution in [2.45, 2.75) is 77.8 Å². The Balaban J connectivity index is 0.00000283. The van der Waals surface area contributed by atoms with Crippen LogP contribution in [0.3, 0.4) is 0 Å². The summed E-state index contributed by atoms with van der Waals surface area (Å²) in [4.78, 5) is 0. The standard InChI is InChI=1S/C29H37.2C7H4F3.C5H5.CH2.2ClH.Zr/c1-21-14-13-15-22-20-27(6)25(4)18-10-9-16-23(25,2)24(3)17-11-12-19-26(24,5)29(27,8)28(21,22)7;2*8-7(9,10)6-4-2-1-3-5-6;1-2-4-5-3-1;;;;/h9-20,22H,1-8H3;2*2-5H;1-3H,4H2;1H2;2*1H;. The third kappa shape index (κ3) is 4.63. The number of hydrogen-bond acceptors (Lipinski definition) is 0. The van der Waals surface area contributed by atoms with Crippen LogP contribution in [0.15, 0.2) is 142 Å². The van der Waals surface area contributed by atoms with Gasteiger partial charge in [0.2, 0.25) is 0 Å². The predicted molar refractivity (Wildman–Crippen MR) is 229 cm³/mol. The molecule has 310 valence electrons. The van der Waals surface area contributed by atoms with Crippen LogP contribution in [-0.4, -0.2) is 4.21 Å². The summed E-state index contributed by atoms with van der Waals surface area (Å²) in [7, 11) is 0. The van der Waals surface area contributed by atoms with Gasteiger partial charge in [-0.3, -0.25) is 0 Å². The van der Waals surface area contributed by atoms with E-state index >= 15 is 0 Å². The molecule has 58 heavy (non-hydrogen) atoms. The minimum atomic E-state index is -5.95. The van der Waals surface area contributed by atoms with Gasteiger partial charge >= 0.3 is 331 Å². The van der Waals surface area contributed by atoms with E-state index in [2.05, 4.69) is 134 Å². The van der Waals surface area contributed by atoms with Crippen LogP contribution in [-0.2, 0) is 30.7 Å². The van der Waals surface area contributed by atoms with Crippen molar-refractivity contribution in [2.24, 2.45) is 43.8 Å². The van der Waals surface area contributed by atoms with Crippen molar-refractivity contribution in [3.05, 3.63) is 154 Å². The fraction of sp³-hybridized carbons (Fsp3) is 0.408. The quantitative estimate of drug-likeness (QED) is 0.268. The van der Waals surface area contributed by atoms with Crippen LogP contribution in [0.1, 0.15) is 72.9 Å². The van der Waals surface area contributed by atoms with Crippen molar-refractivity contribution >= 4 is 35.6 Å². The SMILES string of the molecule is Cl.Cl.[CH2]=[Zr]([C]1=CC=CC1)([c]1ccc(C(F)(F)F)cc1)([c]1ccc(C(F)(F)F)cc1)[CH]1C2C=CC=C(C)C2(C)C2(C)C3(C)C=CC=CC3(C)C3(C)C=CC=CC3(C)C12C. The van der Waals surface area contributed by atoms with E-state index in [1.807, 2.05) is 6.08 Å². The number of hydrogen-bond donors (Lipinski definition) is 0. The molecule has 2 aromatic rings. The third-order valence-electron chi connectivity index (χ3n) is 18.4. The van der Waals surface area contributed by atoms with Crippen molar-refractivity contribution in [1.29, 1.82) is 0 Å². The molecule has 2 fully saturated rings. The number of halogens is 8. The van der Waals surface area contributed by atoms with Gasteiger partial charge in [-0.1, -0.05) is 0 Å². The first-order chi connectivity index (χ1) is 25.9. The Hall–Kier alpha value is -2.73. The van der Waals surface area contributed by atoms with Crippen LogP contribution in [0.25, 0.3) is 0 Å². The molecule has 9 atom stereocenters. The maximum atomic E-state index is 14.4. The zero-order valence-electron chi connectivity index (χ0n) is 34.4. The third-order valence-corrected chi connectivity index (χ3v) is 36.8. The van der Waals surface area contributed by atoms with E-state index in [4.69, 9.17) is 4.21 Å². The van der Waals surface area contributed by atoms with E-state index in [-0.39, 0.29) is 34.4 Å². The summed E-state index contributed by atoms with van der Waals surface area (Å²) < 4.78 is 94.2. The normalized spacial score (nSPS) is 38.5. The monoisotopic (exact) mass is 916 g/mol. The second-order valence-electron chi connectivity index (χ2n) is 19.0. The van der Waals surface area contributed by atoms with Crippen molar-refractivity contribution in [1.82, 2.24) is 0 Å². The summed E-state index contributed by atoms with van der Waals surface area (Å²) in [5.74, 6) is -0.185. The van der Waals surface area contributed by atoms with Crippen LogP contribution in [0.2, 0.25) is 3.63 Å². The van der Waals surface area contributed by atoms with Gasteiger partial charge in [-0.25, -0.2) is 0 Å². The van der Waals surface area contributed by atoms with Crippen molar-refractivity contribution in [3.63, 3.8) is 0 Å². The molecule has 0 nitrogen and oxygen atoms in total. The van der Waals surface area contributed by atoms with E-state index in [1.165, 1.54) is 29.8 Å². The van der Waals surface area contributed by atoms with E-state index in [9.17, 15) is 26.3 Å². The number of fused-ring (bicyclic) bond motifs is 8. The predicted octanol–water partition coefficient (Wildman–Crippen LogP) is 13.7. The van der Waals surface area contributed by atoms with Crippen molar-refractivity contribution < 1.29 is 44.6 Å². The summed E-state index contributed by atoms with van der Waals surface area (Å²) in [5.41, 5.74) is -4.07. The molecule has 8 rings (SSSR count). The zero-order valence-corrected chi connectivity index (χ0v) is 38.4. The number of allylic oxidation sites excluding steroid dienone is 16. The average Bonchev–Trinajstić information content (AvgIpc) is 3.76. The molecule has 6 aliphatic rings. The van der Waals surface area contributed by atoms with Crippen LogP contribution in [0.5, 0.6) is 0 Å². The molecule has 0 saturated heterocycles. The Labute approximate surface area is 353 Å². The molecule has 0 N–H and O–H groups in total. The summed E-state index contributed by atoms with van der Waals surface area (Å²) >= 11 is -5.95. The molecule has 6 aliphatic carbocycles. The van der Waals surface area contributed by atoms with Gasteiger partial charge in [0.1, 0.15) is 0 Å². The Morgan fingerprint density at radius 1 is 0.586 bits per heavy atom. The van der Waals surface area contributed by atoms with E-state index < -0.39 is 79.7 Å². The molecule has 0 radical (unpaired) electrons. The average molecular weight is 919 g/mol. The molecule has 0 aromatic heterocycles. The van der Waals surface area contributed by atoms with Gasteiger partial charge in [-0.2, -0.15) is 0 Å². The molecule has 2 aromatic carbocycles. The van der Waals surface area contributed by atoms with Gasteiger partial charge in [-0.15, -0.1) is 24.8 Å².